The zero-order valence-corrected chi connectivity index (χ0v) is 13.3. The van der Waals surface area contributed by atoms with Crippen LogP contribution in [0.3, 0.4) is 0 Å². The minimum absolute atomic E-state index is 0.440. The summed E-state index contributed by atoms with van der Waals surface area (Å²) in [6, 6.07) is 0. The number of nitro groups is 1. The molecule has 1 fully saturated rings. The van der Waals surface area contributed by atoms with Gasteiger partial charge in [0.2, 0.25) is 5.17 Å². The number of ether oxygens (including phenoxy) is 1. The van der Waals surface area contributed by atoms with Crippen LogP contribution in [0, 0.1) is 16.0 Å². The fourth-order valence-electron chi connectivity index (χ4n) is 2.20. The summed E-state index contributed by atoms with van der Waals surface area (Å²) in [4.78, 5) is 14.6. The zero-order chi connectivity index (χ0) is 15.0. The summed E-state index contributed by atoms with van der Waals surface area (Å²) >= 11 is 1.29. The number of rotatable bonds is 7. The molecule has 0 aromatic carbocycles. The van der Waals surface area contributed by atoms with Gasteiger partial charge in [-0.15, -0.1) is 0 Å². The standard InChI is InChI=1S/C12H24N4O3S/c1-4-15(9-11-5-8-19-10-11)7-6-14(2)12(20-3)13-16(17)18/h11H,4-10H2,1-3H3. The molecule has 0 aromatic heterocycles. The molecular weight excluding hydrogens is 280 g/mol. The first kappa shape index (κ1) is 17.2. The molecule has 1 aliphatic rings. The highest BCUT2D eigenvalue weighted by Gasteiger charge is 2.19. The van der Waals surface area contributed by atoms with Gasteiger partial charge in [-0.3, -0.25) is 0 Å². The van der Waals surface area contributed by atoms with E-state index in [9.17, 15) is 10.1 Å². The molecule has 0 aromatic rings. The van der Waals surface area contributed by atoms with E-state index in [2.05, 4.69) is 16.9 Å². The largest absolute Gasteiger partial charge is 0.381 e. The summed E-state index contributed by atoms with van der Waals surface area (Å²) in [7, 11) is 1.84. The van der Waals surface area contributed by atoms with Gasteiger partial charge in [-0.05, 0) is 25.1 Å². The second-order valence-corrected chi connectivity index (χ2v) is 5.64. The molecule has 0 saturated carbocycles. The molecule has 116 valence electrons. The fourth-order valence-corrected chi connectivity index (χ4v) is 2.75. The lowest BCUT2D eigenvalue weighted by Gasteiger charge is -2.26. The normalized spacial score (nSPS) is 19.6. The molecule has 0 aliphatic carbocycles. The maximum atomic E-state index is 10.5. The van der Waals surface area contributed by atoms with Gasteiger partial charge < -0.3 is 14.5 Å². The summed E-state index contributed by atoms with van der Waals surface area (Å²) < 4.78 is 5.39. The van der Waals surface area contributed by atoms with Gasteiger partial charge in [-0.25, -0.2) is 10.1 Å². The Labute approximate surface area is 124 Å². The number of amidine groups is 1. The minimum Gasteiger partial charge on any atom is -0.381 e. The number of nitrogens with zero attached hydrogens (tertiary/aromatic N) is 4. The molecule has 0 bridgehead atoms. The predicted octanol–water partition coefficient (Wildman–Crippen LogP) is 1.19. The van der Waals surface area contributed by atoms with Crippen molar-refractivity contribution in [3.63, 3.8) is 0 Å². The molecule has 0 spiro atoms. The Kier molecular flexibility index (Phi) is 7.86. The number of hydrazone groups is 1. The van der Waals surface area contributed by atoms with Crippen LogP contribution in [0.2, 0.25) is 0 Å². The second-order valence-electron chi connectivity index (χ2n) is 4.87. The van der Waals surface area contributed by atoms with E-state index >= 15 is 0 Å². The molecule has 1 aliphatic heterocycles. The van der Waals surface area contributed by atoms with Crippen LogP contribution in [0.15, 0.2) is 5.10 Å². The van der Waals surface area contributed by atoms with Crippen molar-refractivity contribution in [2.75, 3.05) is 52.7 Å². The quantitative estimate of drug-likeness (QED) is 0.304. The van der Waals surface area contributed by atoms with Crippen molar-refractivity contribution in [3.05, 3.63) is 10.1 Å². The van der Waals surface area contributed by atoms with Crippen LogP contribution in [-0.2, 0) is 4.74 Å². The first-order valence-corrected chi connectivity index (χ1v) is 8.07. The average Bonchev–Trinajstić information content (AvgIpc) is 2.92. The Bertz CT molecular complexity index is 335. The molecule has 0 amide bonds. The average molecular weight is 304 g/mol. The van der Waals surface area contributed by atoms with Gasteiger partial charge in [0.15, 0.2) is 5.03 Å². The van der Waals surface area contributed by atoms with E-state index in [0.717, 1.165) is 45.8 Å². The second kappa shape index (κ2) is 9.15. The highest BCUT2D eigenvalue weighted by atomic mass is 32.2. The molecule has 7 nitrogen and oxygen atoms in total. The van der Waals surface area contributed by atoms with E-state index in [4.69, 9.17) is 4.74 Å². The van der Waals surface area contributed by atoms with Crippen molar-refractivity contribution < 1.29 is 9.77 Å². The van der Waals surface area contributed by atoms with Crippen LogP contribution < -0.4 is 0 Å². The fraction of sp³-hybridized carbons (Fsp3) is 0.917. The van der Waals surface area contributed by atoms with Gasteiger partial charge in [0.05, 0.1) is 11.7 Å². The Morgan fingerprint density at radius 2 is 2.30 bits per heavy atom. The first-order chi connectivity index (χ1) is 9.56. The van der Waals surface area contributed by atoms with Crippen LogP contribution in [-0.4, -0.2) is 72.7 Å². The summed E-state index contributed by atoms with van der Waals surface area (Å²) in [6.07, 6.45) is 2.93. The van der Waals surface area contributed by atoms with Gasteiger partial charge in [0.25, 0.3) is 0 Å². The molecular formula is C12H24N4O3S. The molecule has 1 atom stereocenters. The van der Waals surface area contributed by atoms with Gasteiger partial charge >= 0.3 is 0 Å². The minimum atomic E-state index is -0.643. The van der Waals surface area contributed by atoms with Gasteiger partial charge in [-0.1, -0.05) is 18.7 Å². The monoisotopic (exact) mass is 304 g/mol. The molecule has 0 N–H and O–H groups in total. The summed E-state index contributed by atoms with van der Waals surface area (Å²) in [5, 5.41) is 13.6. The van der Waals surface area contributed by atoms with Gasteiger partial charge in [-0.2, -0.15) is 0 Å². The number of thioether (sulfide) groups is 1. The van der Waals surface area contributed by atoms with Crippen molar-refractivity contribution in [3.8, 4) is 0 Å². The number of likely N-dealkylation sites (N-methyl/N-ethyl adjacent to an activating group) is 2. The first-order valence-electron chi connectivity index (χ1n) is 6.85. The van der Waals surface area contributed by atoms with Crippen LogP contribution in [0.25, 0.3) is 0 Å². The van der Waals surface area contributed by atoms with Crippen molar-refractivity contribution in [2.24, 2.45) is 11.0 Å². The van der Waals surface area contributed by atoms with Gasteiger partial charge in [0.1, 0.15) is 0 Å². The lowest BCUT2D eigenvalue weighted by atomic mass is 10.1. The maximum absolute atomic E-state index is 10.5. The van der Waals surface area contributed by atoms with Gasteiger partial charge in [0, 0.05) is 33.3 Å². The molecule has 1 heterocycles. The smallest absolute Gasteiger partial charge is 0.237 e. The molecule has 1 saturated heterocycles. The van der Waals surface area contributed by atoms with Crippen LogP contribution in [0.4, 0.5) is 0 Å². The molecule has 1 unspecified atom stereocenters. The maximum Gasteiger partial charge on any atom is 0.237 e. The predicted molar refractivity (Wildman–Crippen MR) is 81.6 cm³/mol. The van der Waals surface area contributed by atoms with Crippen LogP contribution >= 0.6 is 11.8 Å². The van der Waals surface area contributed by atoms with Crippen molar-refractivity contribution >= 4 is 16.9 Å². The topological polar surface area (TPSA) is 71.2 Å². The SMILES string of the molecule is CCN(CCN(C)C(=N[N+](=O)[O-])SC)CC1CCOC1. The Morgan fingerprint density at radius 1 is 1.55 bits per heavy atom. The highest BCUT2D eigenvalue weighted by Crippen LogP contribution is 2.14. The van der Waals surface area contributed by atoms with Crippen molar-refractivity contribution in [1.29, 1.82) is 0 Å². The summed E-state index contributed by atoms with van der Waals surface area (Å²) in [6.45, 7) is 7.47. The van der Waals surface area contributed by atoms with Crippen LogP contribution in [0.1, 0.15) is 13.3 Å². The van der Waals surface area contributed by atoms with E-state index in [0.29, 0.717) is 11.1 Å². The van der Waals surface area contributed by atoms with E-state index in [1.807, 2.05) is 11.9 Å². The lowest BCUT2D eigenvalue weighted by molar-refractivity contribution is -0.485. The Hall–Kier alpha value is -0.860. The summed E-state index contributed by atoms with van der Waals surface area (Å²) in [5.74, 6) is 0.618. The van der Waals surface area contributed by atoms with E-state index in [1.165, 1.54) is 11.8 Å². The molecule has 20 heavy (non-hydrogen) atoms. The van der Waals surface area contributed by atoms with E-state index < -0.39 is 5.03 Å². The van der Waals surface area contributed by atoms with Crippen LogP contribution in [0.5, 0.6) is 0 Å². The molecule has 1 rings (SSSR count). The Balaban J connectivity index is 2.39. The van der Waals surface area contributed by atoms with E-state index in [-0.39, 0.29) is 0 Å². The Morgan fingerprint density at radius 3 is 2.80 bits per heavy atom. The third-order valence-corrected chi connectivity index (χ3v) is 4.17. The lowest BCUT2D eigenvalue weighted by Crippen LogP contribution is -2.38. The zero-order valence-electron chi connectivity index (χ0n) is 12.4. The molecule has 0 radical (unpaired) electrons. The summed E-state index contributed by atoms with van der Waals surface area (Å²) in [5.41, 5.74) is 0. The van der Waals surface area contributed by atoms with Crippen molar-refractivity contribution in [1.82, 2.24) is 9.80 Å². The number of hydrogen-bond donors (Lipinski definition) is 0. The molecule has 8 heteroatoms. The third-order valence-electron chi connectivity index (χ3n) is 3.42. The third kappa shape index (κ3) is 6.06. The highest BCUT2D eigenvalue weighted by molar-refractivity contribution is 8.13. The van der Waals surface area contributed by atoms with E-state index in [1.54, 1.807) is 6.26 Å². The number of hydrogen-bond acceptors (Lipinski definition) is 5. The van der Waals surface area contributed by atoms with Crippen molar-refractivity contribution in [2.45, 2.75) is 13.3 Å².